The van der Waals surface area contributed by atoms with Crippen LogP contribution in [0.4, 0.5) is 10.8 Å². The van der Waals surface area contributed by atoms with E-state index in [2.05, 4.69) is 34.8 Å². The Kier molecular flexibility index (Phi) is 3.88. The zero-order valence-corrected chi connectivity index (χ0v) is 15.4. The van der Waals surface area contributed by atoms with Crippen molar-refractivity contribution < 1.29 is 5.11 Å². The van der Waals surface area contributed by atoms with Crippen LogP contribution in [0.3, 0.4) is 0 Å². The maximum absolute atomic E-state index is 9.40. The fourth-order valence-corrected chi connectivity index (χ4v) is 3.92. The summed E-state index contributed by atoms with van der Waals surface area (Å²) in [5, 5.41) is 20.5. The lowest BCUT2D eigenvalue weighted by Gasteiger charge is -2.35. The van der Waals surface area contributed by atoms with Crippen LogP contribution >= 0.6 is 11.5 Å². The predicted molar refractivity (Wildman–Crippen MR) is 102 cm³/mol. The minimum Gasteiger partial charge on any atom is -0.390 e. The highest BCUT2D eigenvalue weighted by Gasteiger charge is 2.24. The number of aliphatic hydroxyl groups is 1. The second-order valence-electron chi connectivity index (χ2n) is 6.71. The van der Waals surface area contributed by atoms with Crippen molar-refractivity contribution in [1.82, 2.24) is 33.8 Å². The lowest BCUT2D eigenvalue weighted by atomic mass is 10.1. The van der Waals surface area contributed by atoms with E-state index in [1.165, 1.54) is 11.5 Å². The Hall–Kier alpha value is -2.82. The van der Waals surface area contributed by atoms with Gasteiger partial charge in [0.05, 0.1) is 35.6 Å². The third-order valence-corrected chi connectivity index (χ3v) is 5.27. The average molecular weight is 382 g/mol. The van der Waals surface area contributed by atoms with E-state index in [9.17, 15) is 5.11 Å². The van der Waals surface area contributed by atoms with Crippen molar-refractivity contribution in [3.05, 3.63) is 42.2 Å². The molecule has 0 spiro atoms. The molecule has 0 atom stereocenters. The summed E-state index contributed by atoms with van der Waals surface area (Å²) in [6, 6.07) is 2.02. The largest absolute Gasteiger partial charge is 0.390 e. The highest BCUT2D eigenvalue weighted by molar-refractivity contribution is 7.10. The number of aromatic amines is 1. The standard InChI is InChI=1S/C17H18N8OS/c1-10-6-25-14(11-3-19-20-4-11)5-18-17(25)16(21-10)22-15-2-12(23-27-15)7-24-8-13(26)9-24/h2-6,13,26H,7-9H2,1H3,(H,19,20)(H,21,22). The molecule has 9 nitrogen and oxygen atoms in total. The van der Waals surface area contributed by atoms with Gasteiger partial charge in [-0.15, -0.1) is 0 Å². The van der Waals surface area contributed by atoms with Crippen LogP contribution in [-0.4, -0.2) is 58.1 Å². The Morgan fingerprint density at radius 2 is 2.26 bits per heavy atom. The number of fused-ring (bicyclic) bond motifs is 1. The molecule has 0 bridgehead atoms. The predicted octanol–water partition coefficient (Wildman–Crippen LogP) is 1.80. The summed E-state index contributed by atoms with van der Waals surface area (Å²) in [6.45, 7) is 4.13. The van der Waals surface area contributed by atoms with Crippen molar-refractivity contribution in [3.63, 3.8) is 0 Å². The summed E-state index contributed by atoms with van der Waals surface area (Å²) in [4.78, 5) is 11.3. The van der Waals surface area contributed by atoms with E-state index < -0.39 is 0 Å². The first kappa shape index (κ1) is 16.4. The third kappa shape index (κ3) is 3.07. The van der Waals surface area contributed by atoms with Gasteiger partial charge in [-0.3, -0.25) is 14.4 Å². The van der Waals surface area contributed by atoms with Crippen LogP contribution in [0.25, 0.3) is 16.9 Å². The van der Waals surface area contributed by atoms with Gasteiger partial charge < -0.3 is 10.4 Å². The van der Waals surface area contributed by atoms with E-state index in [1.807, 2.05) is 36.0 Å². The van der Waals surface area contributed by atoms with Crippen LogP contribution in [0.5, 0.6) is 0 Å². The summed E-state index contributed by atoms with van der Waals surface area (Å²) in [5.74, 6) is 0.694. The van der Waals surface area contributed by atoms with Gasteiger partial charge in [0.2, 0.25) is 0 Å². The number of likely N-dealkylation sites (tertiary alicyclic amines) is 1. The van der Waals surface area contributed by atoms with Crippen molar-refractivity contribution in [3.8, 4) is 11.3 Å². The maximum Gasteiger partial charge on any atom is 0.180 e. The van der Waals surface area contributed by atoms with Crippen LogP contribution < -0.4 is 5.32 Å². The lowest BCUT2D eigenvalue weighted by molar-refractivity contribution is -0.00338. The molecule has 1 aliphatic rings. The first-order chi connectivity index (χ1) is 13.2. The molecule has 3 N–H and O–H groups in total. The number of hydrogen-bond acceptors (Lipinski definition) is 8. The molecule has 5 heterocycles. The smallest absolute Gasteiger partial charge is 0.180 e. The van der Waals surface area contributed by atoms with Crippen molar-refractivity contribution in [2.75, 3.05) is 18.4 Å². The van der Waals surface area contributed by atoms with Crippen LogP contribution in [0, 0.1) is 6.92 Å². The van der Waals surface area contributed by atoms with Crippen LogP contribution in [0.1, 0.15) is 11.4 Å². The van der Waals surface area contributed by atoms with Crippen LogP contribution in [0.15, 0.2) is 30.9 Å². The Morgan fingerprint density at radius 1 is 1.37 bits per heavy atom. The Labute approximate surface area is 158 Å². The van der Waals surface area contributed by atoms with Crippen molar-refractivity contribution in [2.24, 2.45) is 0 Å². The van der Waals surface area contributed by atoms with Crippen LogP contribution in [0.2, 0.25) is 0 Å². The number of nitrogens with zero attached hydrogens (tertiary/aromatic N) is 6. The summed E-state index contributed by atoms with van der Waals surface area (Å²) in [5.41, 5.74) is 4.54. The molecular weight excluding hydrogens is 364 g/mol. The molecule has 1 fully saturated rings. The van der Waals surface area contributed by atoms with Gasteiger partial charge in [-0.2, -0.15) is 9.47 Å². The second kappa shape index (κ2) is 6.41. The van der Waals surface area contributed by atoms with E-state index in [0.717, 1.165) is 39.8 Å². The summed E-state index contributed by atoms with van der Waals surface area (Å²) >= 11 is 1.40. The number of H-pyrrole nitrogens is 1. The quantitative estimate of drug-likeness (QED) is 0.483. The molecule has 0 aromatic carbocycles. The van der Waals surface area contributed by atoms with E-state index in [-0.39, 0.29) is 6.10 Å². The van der Waals surface area contributed by atoms with Crippen molar-refractivity contribution >= 4 is 28.0 Å². The Balaban J connectivity index is 1.43. The molecule has 4 aromatic heterocycles. The van der Waals surface area contributed by atoms with Crippen LogP contribution in [-0.2, 0) is 6.54 Å². The first-order valence-corrected chi connectivity index (χ1v) is 9.40. The summed E-state index contributed by atoms with van der Waals surface area (Å²) in [6.07, 6.45) is 7.20. The number of aromatic nitrogens is 6. The number of anilines is 2. The zero-order chi connectivity index (χ0) is 18.4. The lowest BCUT2D eigenvalue weighted by Crippen LogP contribution is -2.49. The van der Waals surface area contributed by atoms with Gasteiger partial charge in [-0.1, -0.05) is 0 Å². The molecule has 4 aromatic rings. The molecule has 0 amide bonds. The number of β-amino-alcohol motifs (C(OH)–C–C–N with tert-alkyl or cyclic N) is 1. The zero-order valence-electron chi connectivity index (χ0n) is 14.6. The van der Waals surface area contributed by atoms with E-state index in [1.54, 1.807) is 6.20 Å². The SMILES string of the molecule is Cc1cn2c(-c3cn[nH]c3)cnc2c(Nc2cc(CN3CC(O)C3)ns2)n1. The Bertz CT molecular complexity index is 1080. The van der Waals surface area contributed by atoms with E-state index in [4.69, 9.17) is 0 Å². The summed E-state index contributed by atoms with van der Waals surface area (Å²) in [7, 11) is 0. The topological polar surface area (TPSA) is 107 Å². The van der Waals surface area contributed by atoms with Gasteiger partial charge in [0.1, 0.15) is 5.00 Å². The fraction of sp³-hybridized carbons (Fsp3) is 0.294. The number of nitrogens with one attached hydrogen (secondary N) is 2. The molecule has 27 heavy (non-hydrogen) atoms. The summed E-state index contributed by atoms with van der Waals surface area (Å²) < 4.78 is 6.51. The van der Waals surface area contributed by atoms with Gasteiger partial charge in [-0.05, 0) is 24.5 Å². The van der Waals surface area contributed by atoms with E-state index in [0.29, 0.717) is 18.9 Å². The number of hydrogen-bond donors (Lipinski definition) is 3. The first-order valence-electron chi connectivity index (χ1n) is 8.62. The normalized spacial score (nSPS) is 15.3. The van der Waals surface area contributed by atoms with Gasteiger partial charge in [0.25, 0.3) is 0 Å². The van der Waals surface area contributed by atoms with Gasteiger partial charge in [0.15, 0.2) is 11.5 Å². The van der Waals surface area contributed by atoms with Gasteiger partial charge >= 0.3 is 0 Å². The second-order valence-corrected chi connectivity index (χ2v) is 7.52. The highest BCUT2D eigenvalue weighted by atomic mass is 32.1. The van der Waals surface area contributed by atoms with Crippen molar-refractivity contribution in [1.29, 1.82) is 0 Å². The number of aryl methyl sites for hydroxylation is 1. The molecule has 1 saturated heterocycles. The molecule has 0 radical (unpaired) electrons. The fourth-order valence-electron chi connectivity index (χ4n) is 3.26. The molecule has 138 valence electrons. The van der Waals surface area contributed by atoms with Gasteiger partial charge in [-0.25, -0.2) is 9.97 Å². The monoisotopic (exact) mass is 382 g/mol. The third-order valence-electron chi connectivity index (χ3n) is 4.53. The number of imidazole rings is 1. The minimum atomic E-state index is -0.198. The van der Waals surface area contributed by atoms with Crippen molar-refractivity contribution in [2.45, 2.75) is 19.6 Å². The highest BCUT2D eigenvalue weighted by Crippen LogP contribution is 2.27. The molecule has 0 unspecified atom stereocenters. The molecule has 10 heteroatoms. The molecule has 5 rings (SSSR count). The minimum absolute atomic E-state index is 0.198. The van der Waals surface area contributed by atoms with Gasteiger partial charge in [0, 0.05) is 37.6 Å². The maximum atomic E-state index is 9.40. The Morgan fingerprint density at radius 3 is 3.04 bits per heavy atom. The number of rotatable bonds is 5. The molecule has 0 saturated carbocycles. The molecular formula is C17H18N8OS. The number of aliphatic hydroxyl groups excluding tert-OH is 1. The molecule has 1 aliphatic heterocycles. The average Bonchev–Trinajstić information content (AvgIpc) is 3.33. The molecule has 0 aliphatic carbocycles. The van der Waals surface area contributed by atoms with E-state index >= 15 is 0 Å².